The highest BCUT2D eigenvalue weighted by molar-refractivity contribution is 5.96. The number of aryl methyl sites for hydroxylation is 2. The highest BCUT2D eigenvalue weighted by atomic mass is 16.5. The standard InChI is InChI=1S/C17H20N2O3/c1-11-9-19(17(20)16-12(2)18-22-13(16)3)10-15(21-11)14-7-5-4-6-8-14/h4-8,11,15H,9-10H2,1-3H3. The van der Waals surface area contributed by atoms with E-state index in [2.05, 4.69) is 5.16 Å². The van der Waals surface area contributed by atoms with Gasteiger partial charge in [0.15, 0.2) is 0 Å². The summed E-state index contributed by atoms with van der Waals surface area (Å²) in [4.78, 5) is 14.6. The molecule has 1 aliphatic rings. The molecule has 0 radical (unpaired) electrons. The highest BCUT2D eigenvalue weighted by Gasteiger charge is 2.32. The number of carbonyl (C=O) groups is 1. The molecule has 0 bridgehead atoms. The van der Waals surface area contributed by atoms with E-state index in [1.165, 1.54) is 0 Å². The minimum absolute atomic E-state index is 0.0108. The second-order valence-electron chi connectivity index (χ2n) is 5.76. The van der Waals surface area contributed by atoms with Crippen molar-refractivity contribution < 1.29 is 14.1 Å². The molecule has 0 spiro atoms. The van der Waals surface area contributed by atoms with Crippen molar-refractivity contribution in [2.75, 3.05) is 13.1 Å². The summed E-state index contributed by atoms with van der Waals surface area (Å²) in [5.41, 5.74) is 2.30. The monoisotopic (exact) mass is 300 g/mol. The Kier molecular flexibility index (Phi) is 3.98. The molecule has 2 unspecified atom stereocenters. The maximum atomic E-state index is 12.8. The summed E-state index contributed by atoms with van der Waals surface area (Å²) in [6, 6.07) is 10.0. The van der Waals surface area contributed by atoms with E-state index in [-0.39, 0.29) is 18.1 Å². The number of benzene rings is 1. The summed E-state index contributed by atoms with van der Waals surface area (Å²) >= 11 is 0. The molecule has 0 saturated carbocycles. The van der Waals surface area contributed by atoms with E-state index in [4.69, 9.17) is 9.26 Å². The molecule has 2 aromatic rings. The summed E-state index contributed by atoms with van der Waals surface area (Å²) in [7, 11) is 0. The summed E-state index contributed by atoms with van der Waals surface area (Å²) < 4.78 is 11.1. The molecule has 1 fully saturated rings. The Hall–Kier alpha value is -2.14. The minimum Gasteiger partial charge on any atom is -0.367 e. The maximum Gasteiger partial charge on any atom is 0.259 e. The fourth-order valence-electron chi connectivity index (χ4n) is 2.92. The molecule has 2 atom stereocenters. The van der Waals surface area contributed by atoms with Crippen LogP contribution in [0.2, 0.25) is 0 Å². The fourth-order valence-corrected chi connectivity index (χ4v) is 2.92. The van der Waals surface area contributed by atoms with Crippen LogP contribution in [0.25, 0.3) is 0 Å². The van der Waals surface area contributed by atoms with Crippen molar-refractivity contribution in [3.8, 4) is 0 Å². The first-order valence-corrected chi connectivity index (χ1v) is 7.49. The van der Waals surface area contributed by atoms with Gasteiger partial charge in [-0.2, -0.15) is 0 Å². The smallest absolute Gasteiger partial charge is 0.259 e. The zero-order valence-corrected chi connectivity index (χ0v) is 13.1. The molecule has 1 aromatic heterocycles. The molecular formula is C17H20N2O3. The van der Waals surface area contributed by atoms with Crippen LogP contribution in [0.15, 0.2) is 34.9 Å². The van der Waals surface area contributed by atoms with Crippen molar-refractivity contribution in [2.45, 2.75) is 33.0 Å². The second-order valence-corrected chi connectivity index (χ2v) is 5.76. The summed E-state index contributed by atoms with van der Waals surface area (Å²) in [6.07, 6.45) is -0.113. The van der Waals surface area contributed by atoms with Crippen LogP contribution >= 0.6 is 0 Å². The number of aromatic nitrogens is 1. The number of carbonyl (C=O) groups excluding carboxylic acids is 1. The van der Waals surface area contributed by atoms with Crippen LogP contribution in [0, 0.1) is 13.8 Å². The predicted molar refractivity (Wildman–Crippen MR) is 81.6 cm³/mol. The molecule has 2 heterocycles. The first kappa shape index (κ1) is 14.8. The number of nitrogens with zero attached hydrogens (tertiary/aromatic N) is 2. The van der Waals surface area contributed by atoms with Gasteiger partial charge in [-0.1, -0.05) is 35.5 Å². The second kappa shape index (κ2) is 5.93. The lowest BCUT2D eigenvalue weighted by Crippen LogP contribution is -2.46. The van der Waals surface area contributed by atoms with Gasteiger partial charge < -0.3 is 14.2 Å². The molecule has 22 heavy (non-hydrogen) atoms. The van der Waals surface area contributed by atoms with Crippen molar-refractivity contribution in [3.05, 3.63) is 52.9 Å². The van der Waals surface area contributed by atoms with Crippen molar-refractivity contribution in [2.24, 2.45) is 0 Å². The predicted octanol–water partition coefficient (Wildman–Crippen LogP) is 2.89. The van der Waals surface area contributed by atoms with Gasteiger partial charge in [-0.25, -0.2) is 0 Å². The molecule has 5 nitrogen and oxygen atoms in total. The van der Waals surface area contributed by atoms with Gasteiger partial charge in [0.1, 0.15) is 17.4 Å². The molecule has 1 aromatic carbocycles. The Morgan fingerprint density at radius 3 is 2.59 bits per heavy atom. The van der Waals surface area contributed by atoms with Crippen LogP contribution in [0.5, 0.6) is 0 Å². The van der Waals surface area contributed by atoms with Crippen LogP contribution < -0.4 is 0 Å². The molecule has 1 amide bonds. The van der Waals surface area contributed by atoms with E-state index in [1.807, 2.05) is 42.2 Å². The molecule has 0 N–H and O–H groups in total. The lowest BCUT2D eigenvalue weighted by atomic mass is 10.1. The van der Waals surface area contributed by atoms with E-state index in [1.54, 1.807) is 13.8 Å². The van der Waals surface area contributed by atoms with Gasteiger partial charge in [-0.05, 0) is 26.3 Å². The molecule has 5 heteroatoms. The fraction of sp³-hybridized carbons (Fsp3) is 0.412. The number of hydrogen-bond acceptors (Lipinski definition) is 4. The molecule has 1 saturated heterocycles. The largest absolute Gasteiger partial charge is 0.367 e. The average molecular weight is 300 g/mol. The van der Waals surface area contributed by atoms with Gasteiger partial charge in [0, 0.05) is 6.54 Å². The third-order valence-electron chi connectivity index (χ3n) is 3.97. The lowest BCUT2D eigenvalue weighted by Gasteiger charge is -2.37. The highest BCUT2D eigenvalue weighted by Crippen LogP contribution is 2.27. The molecule has 116 valence electrons. The Morgan fingerprint density at radius 2 is 1.95 bits per heavy atom. The number of morpholine rings is 1. The number of amides is 1. The normalized spacial score (nSPS) is 21.9. The Balaban J connectivity index is 1.84. The van der Waals surface area contributed by atoms with Gasteiger partial charge in [-0.3, -0.25) is 4.79 Å². The van der Waals surface area contributed by atoms with Crippen LogP contribution in [0.1, 0.15) is 40.4 Å². The first-order chi connectivity index (χ1) is 10.6. The van der Waals surface area contributed by atoms with E-state index in [9.17, 15) is 4.79 Å². The first-order valence-electron chi connectivity index (χ1n) is 7.49. The van der Waals surface area contributed by atoms with Crippen LogP contribution in [0.3, 0.4) is 0 Å². The van der Waals surface area contributed by atoms with Gasteiger partial charge >= 0.3 is 0 Å². The summed E-state index contributed by atoms with van der Waals surface area (Å²) in [5, 5.41) is 3.87. The van der Waals surface area contributed by atoms with Gasteiger partial charge in [0.05, 0.1) is 18.3 Å². The maximum absolute atomic E-state index is 12.8. The third-order valence-corrected chi connectivity index (χ3v) is 3.97. The number of rotatable bonds is 2. The lowest BCUT2D eigenvalue weighted by molar-refractivity contribution is -0.0692. The topological polar surface area (TPSA) is 55.6 Å². The Bertz CT molecular complexity index is 646. The third kappa shape index (κ3) is 2.76. The Labute approximate surface area is 129 Å². The van der Waals surface area contributed by atoms with Crippen molar-refractivity contribution in [1.82, 2.24) is 10.1 Å². The number of hydrogen-bond donors (Lipinski definition) is 0. The average Bonchev–Trinajstić information content (AvgIpc) is 2.86. The summed E-state index contributed by atoms with van der Waals surface area (Å²) in [6.45, 7) is 6.67. The summed E-state index contributed by atoms with van der Waals surface area (Å²) in [5.74, 6) is 0.533. The van der Waals surface area contributed by atoms with Crippen molar-refractivity contribution >= 4 is 5.91 Å². The van der Waals surface area contributed by atoms with E-state index in [0.29, 0.717) is 30.1 Å². The molecular weight excluding hydrogens is 280 g/mol. The molecule has 3 rings (SSSR count). The van der Waals surface area contributed by atoms with E-state index < -0.39 is 0 Å². The zero-order valence-electron chi connectivity index (χ0n) is 13.1. The van der Waals surface area contributed by atoms with Gasteiger partial charge in [0.2, 0.25) is 0 Å². The van der Waals surface area contributed by atoms with Crippen LogP contribution in [0.4, 0.5) is 0 Å². The van der Waals surface area contributed by atoms with Crippen LogP contribution in [-0.4, -0.2) is 35.2 Å². The zero-order chi connectivity index (χ0) is 15.7. The molecule has 1 aliphatic heterocycles. The van der Waals surface area contributed by atoms with Gasteiger partial charge in [0.25, 0.3) is 5.91 Å². The SMILES string of the molecule is Cc1noc(C)c1C(=O)N1CC(C)OC(c2ccccc2)C1. The molecule has 0 aliphatic carbocycles. The Morgan fingerprint density at radius 1 is 1.23 bits per heavy atom. The number of ether oxygens (including phenoxy) is 1. The quantitative estimate of drug-likeness (QED) is 0.855. The van der Waals surface area contributed by atoms with E-state index in [0.717, 1.165) is 5.56 Å². The van der Waals surface area contributed by atoms with Crippen molar-refractivity contribution in [1.29, 1.82) is 0 Å². The van der Waals surface area contributed by atoms with Gasteiger partial charge in [-0.15, -0.1) is 0 Å². The minimum atomic E-state index is -0.102. The van der Waals surface area contributed by atoms with Crippen LogP contribution in [-0.2, 0) is 4.74 Å². The van der Waals surface area contributed by atoms with Crippen molar-refractivity contribution in [3.63, 3.8) is 0 Å². The van der Waals surface area contributed by atoms with E-state index >= 15 is 0 Å².